The third-order valence-corrected chi connectivity index (χ3v) is 8.92. The van der Waals surface area contributed by atoms with Crippen LogP contribution in [0.25, 0.3) is 21.9 Å². The third kappa shape index (κ3) is 9.13. The van der Waals surface area contributed by atoms with Crippen LogP contribution in [-0.4, -0.2) is 64.7 Å². The predicted octanol–water partition coefficient (Wildman–Crippen LogP) is 6.10. The summed E-state index contributed by atoms with van der Waals surface area (Å²) in [6.07, 6.45) is 2.59. The summed E-state index contributed by atoms with van der Waals surface area (Å²) in [4.78, 5) is 44.6. The van der Waals surface area contributed by atoms with E-state index in [-0.39, 0.29) is 48.6 Å². The van der Waals surface area contributed by atoms with Crippen molar-refractivity contribution in [3.8, 4) is 0 Å². The van der Waals surface area contributed by atoms with Crippen molar-refractivity contribution >= 4 is 39.8 Å². The molecule has 0 spiro atoms. The van der Waals surface area contributed by atoms with E-state index in [1.54, 1.807) is 4.90 Å². The van der Waals surface area contributed by atoms with Crippen molar-refractivity contribution in [1.29, 1.82) is 0 Å². The molecule has 3 aromatic carbocycles. The number of aryl methyl sites for hydroxylation is 1. The Morgan fingerprint density at radius 1 is 1.00 bits per heavy atom. The van der Waals surface area contributed by atoms with E-state index in [0.29, 0.717) is 62.8 Å². The van der Waals surface area contributed by atoms with Gasteiger partial charge in [0.2, 0.25) is 17.7 Å². The van der Waals surface area contributed by atoms with Crippen LogP contribution in [0.5, 0.6) is 0 Å². The third-order valence-electron chi connectivity index (χ3n) is 8.92. The monoisotopic (exact) mass is 656 g/mol. The number of piperidine rings is 1. The standard InChI is InChI=1S/C38H48N4O6/c1-26(17-21-39-34(44)29-18-22-42(23-19-29)36(45)48-37(2,3)4)24-32(43)40-25-38(46,20-16-27-10-6-5-7-11-27)35-41-33-30-13-9-8-12-28(30)14-15-31(33)47-35/h5-15,26,29,46H,16-25H2,1-4H3,(H,39,44)(H,40,43). The molecule has 2 unspecified atom stereocenters. The van der Waals surface area contributed by atoms with Gasteiger partial charge in [-0.2, -0.15) is 0 Å². The predicted molar refractivity (Wildman–Crippen MR) is 185 cm³/mol. The Labute approximate surface area is 282 Å². The second-order valence-corrected chi connectivity index (χ2v) is 14.1. The molecule has 4 aromatic rings. The van der Waals surface area contributed by atoms with Crippen LogP contribution in [0.3, 0.4) is 0 Å². The molecular formula is C38H48N4O6. The second kappa shape index (κ2) is 15.2. The zero-order valence-corrected chi connectivity index (χ0v) is 28.5. The van der Waals surface area contributed by atoms with Crippen molar-refractivity contribution < 1.29 is 28.6 Å². The summed E-state index contributed by atoms with van der Waals surface area (Å²) in [6.45, 7) is 8.87. The van der Waals surface area contributed by atoms with Crippen LogP contribution in [0.1, 0.15) is 71.3 Å². The number of nitrogens with zero attached hydrogens (tertiary/aromatic N) is 2. The number of carbonyl (C=O) groups excluding carboxylic acids is 3. The van der Waals surface area contributed by atoms with E-state index in [1.165, 1.54) is 0 Å². The van der Waals surface area contributed by atoms with Crippen molar-refractivity contribution in [2.75, 3.05) is 26.2 Å². The van der Waals surface area contributed by atoms with Crippen LogP contribution in [0.4, 0.5) is 4.79 Å². The van der Waals surface area contributed by atoms with Gasteiger partial charge in [0.05, 0.1) is 6.54 Å². The summed E-state index contributed by atoms with van der Waals surface area (Å²) < 4.78 is 11.6. The van der Waals surface area contributed by atoms with E-state index >= 15 is 0 Å². The lowest BCUT2D eigenvalue weighted by Crippen LogP contribution is -2.45. The quantitative estimate of drug-likeness (QED) is 0.168. The maximum Gasteiger partial charge on any atom is 0.410 e. The average Bonchev–Trinajstić information content (AvgIpc) is 3.52. The maximum atomic E-state index is 13.1. The molecule has 5 rings (SSSR count). The lowest BCUT2D eigenvalue weighted by molar-refractivity contribution is -0.126. The molecular weight excluding hydrogens is 608 g/mol. The summed E-state index contributed by atoms with van der Waals surface area (Å²) in [6, 6.07) is 21.6. The first-order chi connectivity index (χ1) is 22.9. The molecule has 1 saturated heterocycles. The van der Waals surface area contributed by atoms with Gasteiger partial charge in [0.15, 0.2) is 11.2 Å². The number of ether oxygens (including phenoxy) is 1. The number of nitrogens with one attached hydrogen (secondary N) is 2. The average molecular weight is 657 g/mol. The van der Waals surface area contributed by atoms with Gasteiger partial charge in [-0.3, -0.25) is 9.59 Å². The number of aromatic nitrogens is 1. The Kier molecular flexibility index (Phi) is 11.0. The SMILES string of the molecule is CC(CCNC(=O)C1CCN(C(=O)OC(C)(C)C)CC1)CC(=O)NCC(O)(CCc1ccccc1)c1nc2c(ccc3ccccc32)o1. The number of hydrogen-bond donors (Lipinski definition) is 3. The van der Waals surface area contributed by atoms with Crippen LogP contribution >= 0.6 is 0 Å². The van der Waals surface area contributed by atoms with Crippen molar-refractivity contribution in [2.45, 2.75) is 77.4 Å². The van der Waals surface area contributed by atoms with Crippen molar-refractivity contribution in [3.63, 3.8) is 0 Å². The highest BCUT2D eigenvalue weighted by molar-refractivity contribution is 6.03. The van der Waals surface area contributed by atoms with Gasteiger partial charge in [0.25, 0.3) is 0 Å². The van der Waals surface area contributed by atoms with Gasteiger partial charge >= 0.3 is 6.09 Å². The number of oxazole rings is 1. The summed E-state index contributed by atoms with van der Waals surface area (Å²) in [7, 11) is 0. The molecule has 0 saturated carbocycles. The van der Waals surface area contributed by atoms with E-state index in [2.05, 4.69) is 10.6 Å². The summed E-state index contributed by atoms with van der Waals surface area (Å²) in [5.74, 6) is -0.181. The fourth-order valence-electron chi connectivity index (χ4n) is 6.10. The smallest absolute Gasteiger partial charge is 0.410 e. The van der Waals surface area contributed by atoms with Gasteiger partial charge in [0, 0.05) is 37.4 Å². The molecule has 10 heteroatoms. The molecule has 256 valence electrons. The highest BCUT2D eigenvalue weighted by Gasteiger charge is 2.36. The first-order valence-electron chi connectivity index (χ1n) is 17.0. The van der Waals surface area contributed by atoms with E-state index < -0.39 is 11.2 Å². The molecule has 10 nitrogen and oxygen atoms in total. The minimum Gasteiger partial charge on any atom is -0.444 e. The number of fused-ring (bicyclic) bond motifs is 3. The van der Waals surface area contributed by atoms with Gasteiger partial charge in [-0.05, 0) is 75.8 Å². The Hall–Kier alpha value is -4.44. The number of likely N-dealkylation sites (tertiary alicyclic amines) is 1. The lowest BCUT2D eigenvalue weighted by Gasteiger charge is -2.33. The van der Waals surface area contributed by atoms with E-state index in [4.69, 9.17) is 14.1 Å². The van der Waals surface area contributed by atoms with E-state index in [0.717, 1.165) is 16.3 Å². The molecule has 3 amide bonds. The summed E-state index contributed by atoms with van der Waals surface area (Å²) in [5.41, 5.74) is 0.244. The van der Waals surface area contributed by atoms with Crippen LogP contribution in [-0.2, 0) is 26.3 Å². The Morgan fingerprint density at radius 2 is 1.71 bits per heavy atom. The minimum atomic E-state index is -1.53. The number of aliphatic hydroxyl groups is 1. The van der Waals surface area contributed by atoms with Gasteiger partial charge < -0.3 is 29.8 Å². The molecule has 1 aliphatic heterocycles. The highest BCUT2D eigenvalue weighted by atomic mass is 16.6. The normalized spacial score (nSPS) is 16.0. The van der Waals surface area contributed by atoms with E-state index in [1.807, 2.05) is 94.4 Å². The maximum absolute atomic E-state index is 13.1. The Morgan fingerprint density at radius 3 is 2.44 bits per heavy atom. The number of rotatable bonds is 12. The number of benzene rings is 3. The van der Waals surface area contributed by atoms with Crippen LogP contribution in [0.2, 0.25) is 0 Å². The van der Waals surface area contributed by atoms with Gasteiger partial charge in [-0.25, -0.2) is 9.78 Å². The van der Waals surface area contributed by atoms with Crippen LogP contribution in [0, 0.1) is 11.8 Å². The van der Waals surface area contributed by atoms with Crippen molar-refractivity contribution in [1.82, 2.24) is 20.5 Å². The Bertz CT molecular complexity index is 1710. The number of carbonyl (C=O) groups is 3. The van der Waals surface area contributed by atoms with Gasteiger partial charge in [-0.15, -0.1) is 0 Å². The molecule has 1 aliphatic rings. The topological polar surface area (TPSA) is 134 Å². The van der Waals surface area contributed by atoms with Crippen LogP contribution < -0.4 is 10.6 Å². The Balaban J connectivity index is 1.12. The fourth-order valence-corrected chi connectivity index (χ4v) is 6.10. The number of hydrogen-bond acceptors (Lipinski definition) is 7. The molecule has 0 radical (unpaired) electrons. The van der Waals surface area contributed by atoms with Gasteiger partial charge in [0.1, 0.15) is 11.1 Å². The van der Waals surface area contributed by atoms with E-state index in [9.17, 15) is 19.5 Å². The zero-order chi connectivity index (χ0) is 34.3. The lowest BCUT2D eigenvalue weighted by atomic mass is 9.94. The first kappa shape index (κ1) is 34.9. The zero-order valence-electron chi connectivity index (χ0n) is 28.5. The molecule has 0 bridgehead atoms. The second-order valence-electron chi connectivity index (χ2n) is 14.1. The molecule has 2 heterocycles. The first-order valence-corrected chi connectivity index (χ1v) is 17.0. The molecule has 48 heavy (non-hydrogen) atoms. The van der Waals surface area contributed by atoms with Gasteiger partial charge in [-0.1, -0.05) is 67.6 Å². The molecule has 3 N–H and O–H groups in total. The van der Waals surface area contributed by atoms with Crippen molar-refractivity contribution in [2.24, 2.45) is 11.8 Å². The largest absolute Gasteiger partial charge is 0.444 e. The fraction of sp³-hybridized carbons (Fsp3) is 0.474. The molecule has 2 atom stereocenters. The van der Waals surface area contributed by atoms with Crippen molar-refractivity contribution in [3.05, 3.63) is 78.2 Å². The van der Waals surface area contributed by atoms with Crippen LogP contribution in [0.15, 0.2) is 71.1 Å². The summed E-state index contributed by atoms with van der Waals surface area (Å²) >= 11 is 0. The minimum absolute atomic E-state index is 0.00687. The number of amides is 3. The molecule has 0 aliphatic carbocycles. The summed E-state index contributed by atoms with van der Waals surface area (Å²) in [5, 5.41) is 19.9. The molecule has 1 aromatic heterocycles. The molecule has 1 fully saturated rings. The highest BCUT2D eigenvalue weighted by Crippen LogP contribution is 2.32.